The summed E-state index contributed by atoms with van der Waals surface area (Å²) in [6, 6.07) is 0. The first-order chi connectivity index (χ1) is 13.6. The van der Waals surface area contributed by atoms with Crippen molar-refractivity contribution in [3.8, 4) is 0 Å². The van der Waals surface area contributed by atoms with Gasteiger partial charge < -0.3 is 9.90 Å². The van der Waals surface area contributed by atoms with Crippen molar-refractivity contribution in [3.63, 3.8) is 0 Å². The first kappa shape index (κ1) is 21.8. The van der Waals surface area contributed by atoms with Crippen LogP contribution in [0.4, 0.5) is 0 Å². The monoisotopic (exact) mass is 402 g/mol. The number of Topliss-reactive ketones (excluding diaryl/α,β-unsaturated/α-hetero) is 1. The Morgan fingerprint density at radius 3 is 2.34 bits per heavy atom. The Morgan fingerprint density at radius 2 is 1.69 bits per heavy atom. The molecule has 29 heavy (non-hydrogen) atoms. The molecule has 0 aliphatic heterocycles. The smallest absolute Gasteiger partial charge is 0.130 e. The quantitative estimate of drug-likeness (QED) is 0.582. The van der Waals surface area contributed by atoms with Crippen molar-refractivity contribution in [2.75, 3.05) is 0 Å². The third-order valence-corrected chi connectivity index (χ3v) is 11.0. The molecule has 11 unspecified atom stereocenters. The van der Waals surface area contributed by atoms with Gasteiger partial charge in [-0.2, -0.15) is 0 Å². The zero-order chi connectivity index (χ0) is 21.1. The number of carbonyl (C=O) groups excluding carboxylic acids is 1. The highest BCUT2D eigenvalue weighted by molar-refractivity contribution is 5.75. The number of hydrogen-bond acceptors (Lipinski definition) is 2. The molecule has 0 aromatic heterocycles. The van der Waals surface area contributed by atoms with Gasteiger partial charge in [-0.3, -0.25) is 0 Å². The van der Waals surface area contributed by atoms with Crippen LogP contribution in [0.15, 0.2) is 0 Å². The predicted molar refractivity (Wildman–Crippen MR) is 119 cm³/mol. The molecule has 4 fully saturated rings. The van der Waals surface area contributed by atoms with E-state index < -0.39 is 0 Å². The summed E-state index contributed by atoms with van der Waals surface area (Å²) < 4.78 is 0. The van der Waals surface area contributed by atoms with Crippen LogP contribution in [0.1, 0.15) is 99.3 Å². The molecule has 0 amide bonds. The minimum absolute atomic E-state index is 0.111. The van der Waals surface area contributed by atoms with Gasteiger partial charge in [0, 0.05) is 6.42 Å². The van der Waals surface area contributed by atoms with Gasteiger partial charge in [-0.15, -0.1) is 0 Å². The second-order valence-electron chi connectivity index (χ2n) is 12.5. The highest BCUT2D eigenvalue weighted by Crippen LogP contribution is 2.69. The molecule has 4 rings (SSSR count). The number of rotatable bonds is 4. The van der Waals surface area contributed by atoms with Crippen LogP contribution in [0.3, 0.4) is 0 Å². The summed E-state index contributed by atoms with van der Waals surface area (Å²) in [4.78, 5) is 11.8. The SMILES string of the molecule is CCC1C(O)C2C3CCC(C(C)CC(C)=O)C3(C)CCC2C2(C)CCC(C)CC12. The second kappa shape index (κ2) is 7.64. The first-order valence-corrected chi connectivity index (χ1v) is 12.8. The molecule has 0 bridgehead atoms. The predicted octanol–water partition coefficient (Wildman–Crippen LogP) is 6.50. The van der Waals surface area contributed by atoms with Gasteiger partial charge in [0.1, 0.15) is 5.78 Å². The molecule has 166 valence electrons. The Kier molecular flexibility index (Phi) is 5.76. The van der Waals surface area contributed by atoms with Gasteiger partial charge in [0.05, 0.1) is 6.10 Å². The number of fused-ring (bicyclic) bond motifs is 5. The molecule has 4 saturated carbocycles. The minimum Gasteiger partial charge on any atom is -0.393 e. The lowest BCUT2D eigenvalue weighted by atomic mass is 9.41. The maximum atomic E-state index is 11.8. The molecule has 4 aliphatic rings. The Labute approximate surface area is 179 Å². The van der Waals surface area contributed by atoms with Crippen molar-refractivity contribution in [1.29, 1.82) is 0 Å². The topological polar surface area (TPSA) is 37.3 Å². The summed E-state index contributed by atoms with van der Waals surface area (Å²) in [5.41, 5.74) is 0.752. The molecule has 0 radical (unpaired) electrons. The van der Waals surface area contributed by atoms with Crippen molar-refractivity contribution in [2.45, 2.75) is 105 Å². The summed E-state index contributed by atoms with van der Waals surface area (Å²) >= 11 is 0. The molecule has 4 aliphatic carbocycles. The first-order valence-electron chi connectivity index (χ1n) is 12.8. The molecular formula is C27H46O2. The van der Waals surface area contributed by atoms with Gasteiger partial charge in [0.25, 0.3) is 0 Å². The van der Waals surface area contributed by atoms with Crippen LogP contribution in [0, 0.1) is 58.2 Å². The van der Waals surface area contributed by atoms with E-state index in [1.165, 1.54) is 44.9 Å². The maximum absolute atomic E-state index is 11.8. The number of carbonyl (C=O) groups is 1. The lowest BCUT2D eigenvalue weighted by Crippen LogP contribution is -2.61. The Balaban J connectivity index is 1.66. The van der Waals surface area contributed by atoms with Gasteiger partial charge in [-0.25, -0.2) is 0 Å². The van der Waals surface area contributed by atoms with Crippen LogP contribution in [0.2, 0.25) is 0 Å². The van der Waals surface area contributed by atoms with E-state index in [1.807, 2.05) is 0 Å². The average molecular weight is 403 g/mol. The summed E-state index contributed by atoms with van der Waals surface area (Å²) in [6.07, 6.45) is 11.0. The van der Waals surface area contributed by atoms with Gasteiger partial charge in [0.15, 0.2) is 0 Å². The zero-order valence-corrected chi connectivity index (χ0v) is 19.9. The molecule has 2 heteroatoms. The molecule has 0 heterocycles. The van der Waals surface area contributed by atoms with E-state index in [-0.39, 0.29) is 6.10 Å². The van der Waals surface area contributed by atoms with Crippen molar-refractivity contribution in [2.24, 2.45) is 58.2 Å². The highest BCUT2D eigenvalue weighted by Gasteiger charge is 2.64. The number of aliphatic hydroxyl groups is 1. The van der Waals surface area contributed by atoms with Gasteiger partial charge in [-0.1, -0.05) is 47.5 Å². The number of hydrogen-bond donors (Lipinski definition) is 1. The van der Waals surface area contributed by atoms with Crippen molar-refractivity contribution in [3.05, 3.63) is 0 Å². The lowest BCUT2D eigenvalue weighted by molar-refractivity contribution is -0.198. The molecule has 0 aromatic carbocycles. The normalized spacial score (nSPS) is 52.9. The fraction of sp³-hybridized carbons (Fsp3) is 0.963. The van der Waals surface area contributed by atoms with Crippen LogP contribution in [0.5, 0.6) is 0 Å². The summed E-state index contributed by atoms with van der Waals surface area (Å²) in [5.74, 6) is 5.35. The summed E-state index contributed by atoms with van der Waals surface area (Å²) in [7, 11) is 0. The molecule has 0 aromatic rings. The fourth-order valence-corrected chi connectivity index (χ4v) is 9.75. The van der Waals surface area contributed by atoms with E-state index in [4.69, 9.17) is 0 Å². The van der Waals surface area contributed by atoms with Crippen molar-refractivity contribution < 1.29 is 9.90 Å². The van der Waals surface area contributed by atoms with E-state index in [0.717, 1.165) is 18.8 Å². The standard InChI is InChI=1S/C27H46O2/c1-7-19-23-14-16(2)10-12-27(23,6)22-11-13-26(5)20(17(3)15-18(4)28)8-9-21(26)24(22)25(19)29/h16-17,19-25,29H,7-15H2,1-6H3. The van der Waals surface area contributed by atoms with Crippen LogP contribution >= 0.6 is 0 Å². The van der Waals surface area contributed by atoms with Crippen LogP contribution in [0.25, 0.3) is 0 Å². The molecule has 2 nitrogen and oxygen atoms in total. The van der Waals surface area contributed by atoms with Gasteiger partial charge in [-0.05, 0) is 104 Å². The third-order valence-electron chi connectivity index (χ3n) is 11.0. The van der Waals surface area contributed by atoms with Crippen LogP contribution in [-0.4, -0.2) is 17.0 Å². The molecule has 0 spiro atoms. The van der Waals surface area contributed by atoms with Gasteiger partial charge >= 0.3 is 0 Å². The van der Waals surface area contributed by atoms with Crippen molar-refractivity contribution in [1.82, 2.24) is 0 Å². The number of aliphatic hydroxyl groups excluding tert-OH is 1. The van der Waals surface area contributed by atoms with E-state index >= 15 is 0 Å². The fourth-order valence-electron chi connectivity index (χ4n) is 9.75. The average Bonchev–Trinajstić information content (AvgIpc) is 3.00. The minimum atomic E-state index is -0.111. The lowest BCUT2D eigenvalue weighted by Gasteiger charge is -2.65. The molecule has 0 saturated heterocycles. The molecule has 1 N–H and O–H groups in total. The molecule has 11 atom stereocenters. The maximum Gasteiger partial charge on any atom is 0.130 e. The summed E-state index contributed by atoms with van der Waals surface area (Å²) in [5, 5.41) is 11.8. The van der Waals surface area contributed by atoms with Crippen molar-refractivity contribution >= 4 is 5.78 Å². The van der Waals surface area contributed by atoms with E-state index in [9.17, 15) is 9.90 Å². The zero-order valence-electron chi connectivity index (χ0n) is 19.9. The Hall–Kier alpha value is -0.370. The number of ketones is 1. The van der Waals surface area contributed by atoms with Crippen LogP contribution in [-0.2, 0) is 4.79 Å². The molecular weight excluding hydrogens is 356 g/mol. The van der Waals surface area contributed by atoms with Gasteiger partial charge in [0.2, 0.25) is 0 Å². The highest BCUT2D eigenvalue weighted by atomic mass is 16.3. The van der Waals surface area contributed by atoms with Crippen LogP contribution < -0.4 is 0 Å². The Morgan fingerprint density at radius 1 is 1.03 bits per heavy atom. The largest absolute Gasteiger partial charge is 0.393 e. The third kappa shape index (κ3) is 3.26. The van der Waals surface area contributed by atoms with E-state index in [1.54, 1.807) is 6.92 Å². The second-order valence-corrected chi connectivity index (χ2v) is 12.5. The summed E-state index contributed by atoms with van der Waals surface area (Å²) in [6.45, 7) is 14.0. The van der Waals surface area contributed by atoms with E-state index in [0.29, 0.717) is 58.0 Å². The van der Waals surface area contributed by atoms with E-state index in [2.05, 4.69) is 34.6 Å². The Bertz CT molecular complexity index is 628.